The van der Waals surface area contributed by atoms with Crippen LogP contribution in [0.15, 0.2) is 0 Å². The van der Waals surface area contributed by atoms with Gasteiger partial charge in [0.25, 0.3) is 0 Å². The highest BCUT2D eigenvalue weighted by Gasteiger charge is 2.26. The maximum absolute atomic E-state index is 3.56. The summed E-state index contributed by atoms with van der Waals surface area (Å²) in [5, 5.41) is 3.56. The topological polar surface area (TPSA) is 12.0 Å². The minimum Gasteiger partial charge on any atom is -0.311 e. The van der Waals surface area contributed by atoms with Crippen LogP contribution in [0.2, 0.25) is 0 Å². The summed E-state index contributed by atoms with van der Waals surface area (Å²) in [5.74, 6) is 0. The highest BCUT2D eigenvalue weighted by Crippen LogP contribution is 2.24. The molecule has 2 aliphatic heterocycles. The monoisotopic (exact) mass is 110 g/mol. The van der Waals surface area contributed by atoms with Crippen LogP contribution in [-0.2, 0) is 0 Å². The van der Waals surface area contributed by atoms with Crippen molar-refractivity contribution in [2.45, 2.75) is 37.8 Å². The molecule has 2 rings (SSSR count). The zero-order valence-corrected chi connectivity index (χ0v) is 5.06. The highest BCUT2D eigenvalue weighted by molar-refractivity contribution is 4.95. The average molecular weight is 110 g/mol. The summed E-state index contributed by atoms with van der Waals surface area (Å²) < 4.78 is 0. The van der Waals surface area contributed by atoms with Crippen LogP contribution in [0.3, 0.4) is 0 Å². The summed E-state index contributed by atoms with van der Waals surface area (Å²) in [4.78, 5) is 0. The van der Waals surface area contributed by atoms with Crippen molar-refractivity contribution in [1.82, 2.24) is 5.32 Å². The van der Waals surface area contributed by atoms with Gasteiger partial charge in [0.2, 0.25) is 0 Å². The third kappa shape index (κ3) is 0.655. The molecular formula is C7H12N. The van der Waals surface area contributed by atoms with Gasteiger partial charge >= 0.3 is 0 Å². The number of rotatable bonds is 0. The van der Waals surface area contributed by atoms with Crippen molar-refractivity contribution in [2.75, 3.05) is 0 Å². The van der Waals surface area contributed by atoms with E-state index in [-0.39, 0.29) is 0 Å². The summed E-state index contributed by atoms with van der Waals surface area (Å²) in [6.07, 6.45) is 7.90. The molecule has 0 amide bonds. The molecule has 2 saturated heterocycles. The second kappa shape index (κ2) is 1.73. The maximum Gasteiger partial charge on any atom is 0.00729 e. The lowest BCUT2D eigenvalue weighted by Gasteiger charge is -2.19. The Bertz CT molecular complexity index is 76.4. The highest BCUT2D eigenvalue weighted by atomic mass is 15.0. The lowest BCUT2D eigenvalue weighted by molar-refractivity contribution is 0.469. The van der Waals surface area contributed by atoms with Crippen LogP contribution in [-0.4, -0.2) is 12.1 Å². The van der Waals surface area contributed by atoms with Crippen LogP contribution in [0.4, 0.5) is 0 Å². The van der Waals surface area contributed by atoms with Crippen LogP contribution in [0.5, 0.6) is 0 Å². The molecule has 45 valence electrons. The van der Waals surface area contributed by atoms with Gasteiger partial charge in [-0.3, -0.25) is 0 Å². The fourth-order valence-corrected chi connectivity index (χ4v) is 1.77. The van der Waals surface area contributed by atoms with Gasteiger partial charge in [-0.2, -0.15) is 0 Å². The van der Waals surface area contributed by atoms with Crippen LogP contribution in [0, 0.1) is 6.42 Å². The number of hydrogen-bond acceptors (Lipinski definition) is 1. The van der Waals surface area contributed by atoms with Crippen molar-refractivity contribution < 1.29 is 0 Å². The van der Waals surface area contributed by atoms with Crippen LogP contribution in [0.25, 0.3) is 0 Å². The van der Waals surface area contributed by atoms with Gasteiger partial charge in [0.15, 0.2) is 0 Å². The lowest BCUT2D eigenvalue weighted by Crippen LogP contribution is -2.33. The number of nitrogens with one attached hydrogen (secondary N) is 1. The molecule has 2 heterocycles. The molecule has 0 aromatic carbocycles. The van der Waals surface area contributed by atoms with Crippen molar-refractivity contribution in [1.29, 1.82) is 0 Å². The second-order valence-corrected chi connectivity index (χ2v) is 2.90. The molecule has 1 heteroatoms. The van der Waals surface area contributed by atoms with Crippen molar-refractivity contribution in [3.05, 3.63) is 6.42 Å². The van der Waals surface area contributed by atoms with E-state index in [9.17, 15) is 0 Å². The Balaban J connectivity index is 2.03. The van der Waals surface area contributed by atoms with E-state index >= 15 is 0 Å². The first-order valence-corrected chi connectivity index (χ1v) is 3.53. The summed E-state index contributed by atoms with van der Waals surface area (Å²) >= 11 is 0. The van der Waals surface area contributed by atoms with Gasteiger partial charge in [0, 0.05) is 12.1 Å². The Kier molecular flexibility index (Phi) is 1.04. The van der Waals surface area contributed by atoms with Crippen molar-refractivity contribution in [3.8, 4) is 0 Å². The van der Waals surface area contributed by atoms with E-state index in [4.69, 9.17) is 0 Å². The van der Waals surface area contributed by atoms with Crippen molar-refractivity contribution in [2.24, 2.45) is 0 Å². The molecule has 2 bridgehead atoms. The molecule has 2 atom stereocenters. The van der Waals surface area contributed by atoms with Gasteiger partial charge in [-0.25, -0.2) is 0 Å². The molecule has 2 aliphatic rings. The molecule has 1 nitrogen and oxygen atoms in total. The Morgan fingerprint density at radius 1 is 1.12 bits per heavy atom. The van der Waals surface area contributed by atoms with Crippen LogP contribution in [0.1, 0.15) is 25.7 Å². The SMILES string of the molecule is [CH]1CC2CCC(C1)N2. The maximum atomic E-state index is 3.56. The average Bonchev–Trinajstić information content (AvgIpc) is 2.12. The third-order valence-electron chi connectivity index (χ3n) is 2.24. The summed E-state index contributed by atoms with van der Waals surface area (Å²) in [7, 11) is 0. The fourth-order valence-electron chi connectivity index (χ4n) is 1.77. The second-order valence-electron chi connectivity index (χ2n) is 2.90. The van der Waals surface area contributed by atoms with Crippen LogP contribution >= 0.6 is 0 Å². The van der Waals surface area contributed by atoms with E-state index < -0.39 is 0 Å². The third-order valence-corrected chi connectivity index (χ3v) is 2.24. The minimum absolute atomic E-state index is 0.855. The van der Waals surface area contributed by atoms with Gasteiger partial charge in [-0.1, -0.05) is 0 Å². The van der Waals surface area contributed by atoms with E-state index in [0.29, 0.717) is 0 Å². The number of hydrogen-bond donors (Lipinski definition) is 1. The summed E-state index contributed by atoms with van der Waals surface area (Å²) in [5.41, 5.74) is 0. The largest absolute Gasteiger partial charge is 0.311 e. The normalized spacial score (nSPS) is 45.0. The molecule has 1 N–H and O–H groups in total. The van der Waals surface area contributed by atoms with Gasteiger partial charge in [0.1, 0.15) is 0 Å². The van der Waals surface area contributed by atoms with E-state index in [1.807, 2.05) is 0 Å². The Morgan fingerprint density at radius 3 is 2.25 bits per heavy atom. The fraction of sp³-hybridized carbons (Fsp3) is 0.857. The lowest BCUT2D eigenvalue weighted by atomic mass is 10.1. The van der Waals surface area contributed by atoms with E-state index in [0.717, 1.165) is 12.1 Å². The van der Waals surface area contributed by atoms with Crippen molar-refractivity contribution >= 4 is 0 Å². The van der Waals surface area contributed by atoms with Gasteiger partial charge < -0.3 is 5.32 Å². The molecule has 1 radical (unpaired) electrons. The minimum atomic E-state index is 0.855. The molecule has 0 spiro atoms. The zero-order chi connectivity index (χ0) is 5.40. The molecule has 0 aromatic rings. The first-order valence-electron chi connectivity index (χ1n) is 3.53. The molecular weight excluding hydrogens is 98.1 g/mol. The molecule has 0 saturated carbocycles. The van der Waals surface area contributed by atoms with Crippen molar-refractivity contribution in [3.63, 3.8) is 0 Å². The zero-order valence-electron chi connectivity index (χ0n) is 5.06. The quantitative estimate of drug-likeness (QED) is 0.492. The molecule has 0 aliphatic carbocycles. The predicted octanol–water partition coefficient (Wildman–Crippen LogP) is 1.11. The van der Waals surface area contributed by atoms with Gasteiger partial charge in [-0.05, 0) is 32.1 Å². The first kappa shape index (κ1) is 4.80. The smallest absolute Gasteiger partial charge is 0.00729 e. The molecule has 8 heavy (non-hydrogen) atoms. The molecule has 2 unspecified atom stereocenters. The summed E-state index contributed by atoms with van der Waals surface area (Å²) in [6, 6.07) is 1.71. The molecule has 0 aromatic heterocycles. The Hall–Kier alpha value is -0.0400. The van der Waals surface area contributed by atoms with E-state index in [2.05, 4.69) is 11.7 Å². The Morgan fingerprint density at radius 2 is 1.75 bits per heavy atom. The van der Waals surface area contributed by atoms with Crippen LogP contribution < -0.4 is 5.32 Å². The van der Waals surface area contributed by atoms with Gasteiger partial charge in [0.05, 0.1) is 0 Å². The van der Waals surface area contributed by atoms with E-state index in [1.165, 1.54) is 25.7 Å². The molecule has 2 fully saturated rings. The number of piperidine rings is 1. The summed E-state index contributed by atoms with van der Waals surface area (Å²) in [6.45, 7) is 0. The van der Waals surface area contributed by atoms with Gasteiger partial charge in [-0.15, -0.1) is 0 Å². The first-order chi connectivity index (χ1) is 3.95. The Labute approximate surface area is 50.5 Å². The number of fused-ring (bicyclic) bond motifs is 2. The standard InChI is InChI=1S/C7H12N/c1-2-6-4-5-7(3-1)8-6/h1,6-8H,2-5H2. The predicted molar refractivity (Wildman–Crippen MR) is 33.5 cm³/mol. The van der Waals surface area contributed by atoms with E-state index in [1.54, 1.807) is 0 Å².